The molecule has 1 aliphatic heterocycles. The van der Waals surface area contributed by atoms with Gasteiger partial charge in [-0.15, -0.1) is 0 Å². The summed E-state index contributed by atoms with van der Waals surface area (Å²) in [6, 6.07) is 7.63. The summed E-state index contributed by atoms with van der Waals surface area (Å²) in [5.41, 5.74) is 0.684. The topological polar surface area (TPSA) is 120 Å². The highest BCUT2D eigenvalue weighted by Crippen LogP contribution is 2.32. The van der Waals surface area contributed by atoms with Gasteiger partial charge in [0.2, 0.25) is 6.23 Å². The van der Waals surface area contributed by atoms with Gasteiger partial charge in [-0.3, -0.25) is 19.3 Å². The highest BCUT2D eigenvalue weighted by atomic mass is 16.6. The maximum atomic E-state index is 12.6. The van der Waals surface area contributed by atoms with Crippen LogP contribution in [-0.2, 0) is 33.3 Å². The van der Waals surface area contributed by atoms with Crippen LogP contribution in [0.3, 0.4) is 0 Å². The lowest BCUT2D eigenvalue weighted by Gasteiger charge is -2.49. The fraction of sp³-hybridized carbons (Fsp3) is 0.500. The molecule has 1 saturated heterocycles. The van der Waals surface area contributed by atoms with Gasteiger partial charge in [-0.05, 0) is 19.1 Å². The Balaban J connectivity index is 2.56. The predicted molar refractivity (Wildman–Crippen MR) is 104 cm³/mol. The Morgan fingerprint density at radius 3 is 1.90 bits per heavy atom. The van der Waals surface area contributed by atoms with Crippen molar-refractivity contribution in [3.63, 3.8) is 0 Å². The molecular formula is C20H26N2O8. The molecule has 1 fully saturated rings. The molecule has 5 atom stereocenters. The highest BCUT2D eigenvalue weighted by molar-refractivity contribution is 5.72. The fourth-order valence-corrected chi connectivity index (χ4v) is 3.45. The van der Waals surface area contributed by atoms with Crippen molar-refractivity contribution < 1.29 is 38.1 Å². The number of para-hydroxylation sites is 1. The van der Waals surface area contributed by atoms with Crippen LogP contribution in [0.25, 0.3) is 0 Å². The van der Waals surface area contributed by atoms with Crippen LogP contribution in [0, 0.1) is 0 Å². The molecule has 0 spiro atoms. The maximum Gasteiger partial charge on any atom is 0.412 e. The molecule has 10 nitrogen and oxygen atoms in total. The van der Waals surface area contributed by atoms with Gasteiger partial charge in [0.05, 0.1) is 19.2 Å². The molecular weight excluding hydrogens is 396 g/mol. The molecule has 1 amide bonds. The van der Waals surface area contributed by atoms with Gasteiger partial charge in [0, 0.05) is 26.5 Å². The van der Waals surface area contributed by atoms with Crippen LogP contribution in [-0.4, -0.2) is 66.5 Å². The highest BCUT2D eigenvalue weighted by Gasteiger charge is 2.55. The van der Waals surface area contributed by atoms with E-state index >= 15 is 0 Å². The summed E-state index contributed by atoms with van der Waals surface area (Å²) in [4.78, 5) is 49.1. The number of benzene rings is 1. The third kappa shape index (κ3) is 5.40. The van der Waals surface area contributed by atoms with Gasteiger partial charge in [0.15, 0.2) is 12.2 Å². The first kappa shape index (κ1) is 23.0. The Morgan fingerprint density at radius 2 is 1.40 bits per heavy atom. The van der Waals surface area contributed by atoms with Gasteiger partial charge in [0.25, 0.3) is 0 Å². The molecule has 1 aliphatic rings. The van der Waals surface area contributed by atoms with Crippen LogP contribution in [0.4, 0.5) is 10.5 Å². The minimum Gasteiger partial charge on any atom is -0.456 e. The van der Waals surface area contributed by atoms with Gasteiger partial charge < -0.3 is 24.3 Å². The molecule has 0 saturated carbocycles. The summed E-state index contributed by atoms with van der Waals surface area (Å²) in [6.07, 6.45) is -4.50. The van der Waals surface area contributed by atoms with E-state index in [-0.39, 0.29) is 0 Å². The standard InChI is InChI=1S/C20H26N2O8/c1-11-16(21-15-9-7-6-8-10-15)17(28-12(2)23)18(29-13(3)24)19(30-14(4)25)22(11)20(26)27-5/h6-11,16-19,21H,1-5H3/t11-,16-,17-,18-,19-/m1/s1. The second kappa shape index (κ2) is 9.95. The van der Waals surface area contributed by atoms with Crippen molar-refractivity contribution in [3.05, 3.63) is 30.3 Å². The normalized spacial score (nSPS) is 25.6. The number of anilines is 1. The Kier molecular flexibility index (Phi) is 7.62. The van der Waals surface area contributed by atoms with E-state index in [0.29, 0.717) is 5.69 Å². The van der Waals surface area contributed by atoms with Crippen molar-refractivity contribution in [2.45, 2.75) is 58.2 Å². The van der Waals surface area contributed by atoms with Gasteiger partial charge in [-0.2, -0.15) is 0 Å². The molecule has 0 unspecified atom stereocenters. The first-order valence-electron chi connectivity index (χ1n) is 9.35. The summed E-state index contributed by atoms with van der Waals surface area (Å²) in [7, 11) is 1.18. The maximum absolute atomic E-state index is 12.6. The zero-order chi connectivity index (χ0) is 22.4. The van der Waals surface area contributed by atoms with Crippen LogP contribution < -0.4 is 5.32 Å². The third-order valence-electron chi connectivity index (χ3n) is 4.57. The molecule has 1 aromatic rings. The molecule has 1 heterocycles. The van der Waals surface area contributed by atoms with Gasteiger partial charge in [-0.1, -0.05) is 18.2 Å². The molecule has 0 bridgehead atoms. The fourth-order valence-electron chi connectivity index (χ4n) is 3.45. The van der Waals surface area contributed by atoms with E-state index in [9.17, 15) is 19.2 Å². The van der Waals surface area contributed by atoms with E-state index in [2.05, 4.69) is 5.32 Å². The summed E-state index contributed by atoms with van der Waals surface area (Å²) < 4.78 is 21.0. The number of carbonyl (C=O) groups is 4. The second-order valence-corrected chi connectivity index (χ2v) is 6.80. The third-order valence-corrected chi connectivity index (χ3v) is 4.57. The predicted octanol–water partition coefficient (Wildman–Crippen LogP) is 1.69. The lowest BCUT2D eigenvalue weighted by molar-refractivity contribution is -0.216. The number of hydrogen-bond acceptors (Lipinski definition) is 9. The molecule has 0 aromatic heterocycles. The van der Waals surface area contributed by atoms with E-state index < -0.39 is 54.5 Å². The van der Waals surface area contributed by atoms with Crippen molar-refractivity contribution in [1.29, 1.82) is 0 Å². The Bertz CT molecular complexity index is 784. The smallest absolute Gasteiger partial charge is 0.412 e. The second-order valence-electron chi connectivity index (χ2n) is 6.80. The number of piperidine rings is 1. The number of nitrogens with one attached hydrogen (secondary N) is 1. The molecule has 164 valence electrons. The zero-order valence-electron chi connectivity index (χ0n) is 17.5. The van der Waals surface area contributed by atoms with Crippen LogP contribution in [0.15, 0.2) is 30.3 Å². The number of amides is 1. The van der Waals surface area contributed by atoms with Gasteiger partial charge in [0.1, 0.15) is 0 Å². The van der Waals surface area contributed by atoms with Crippen LogP contribution in [0.2, 0.25) is 0 Å². The number of carbonyl (C=O) groups excluding carboxylic acids is 4. The van der Waals surface area contributed by atoms with Crippen molar-refractivity contribution in [3.8, 4) is 0 Å². The SMILES string of the molecule is COC(=O)N1[C@H](C)[C@@H](Nc2ccccc2)[C@@H](OC(C)=O)[C@@H](OC(C)=O)[C@H]1OC(C)=O. The summed E-state index contributed by atoms with van der Waals surface area (Å²) >= 11 is 0. The van der Waals surface area contributed by atoms with E-state index in [1.165, 1.54) is 14.0 Å². The minimum atomic E-state index is -1.35. The average molecular weight is 422 g/mol. The van der Waals surface area contributed by atoms with Crippen LogP contribution >= 0.6 is 0 Å². The average Bonchev–Trinajstić information content (AvgIpc) is 2.67. The van der Waals surface area contributed by atoms with Crippen molar-refractivity contribution >= 4 is 29.7 Å². The lowest BCUT2D eigenvalue weighted by Crippen LogP contribution is -2.70. The number of hydrogen-bond donors (Lipinski definition) is 1. The van der Waals surface area contributed by atoms with Crippen LogP contribution in [0.5, 0.6) is 0 Å². The van der Waals surface area contributed by atoms with E-state index in [4.69, 9.17) is 18.9 Å². The number of nitrogens with zero attached hydrogens (tertiary/aromatic N) is 1. The van der Waals surface area contributed by atoms with Gasteiger partial charge >= 0.3 is 24.0 Å². The Labute approximate surface area is 174 Å². The first-order chi connectivity index (χ1) is 14.1. The summed E-state index contributed by atoms with van der Waals surface area (Å²) in [5.74, 6) is -2.04. The summed E-state index contributed by atoms with van der Waals surface area (Å²) in [6.45, 7) is 5.20. The minimum absolute atomic E-state index is 0.627. The van der Waals surface area contributed by atoms with E-state index in [1.807, 2.05) is 6.07 Å². The monoisotopic (exact) mass is 422 g/mol. The molecule has 30 heavy (non-hydrogen) atoms. The van der Waals surface area contributed by atoms with Crippen molar-refractivity contribution in [1.82, 2.24) is 4.90 Å². The number of methoxy groups -OCH3 is 1. The Morgan fingerprint density at radius 1 is 0.867 bits per heavy atom. The molecule has 2 rings (SSSR count). The van der Waals surface area contributed by atoms with Gasteiger partial charge in [-0.25, -0.2) is 4.79 Å². The Hall–Kier alpha value is -3.30. The lowest BCUT2D eigenvalue weighted by atomic mass is 9.90. The van der Waals surface area contributed by atoms with Crippen LogP contribution in [0.1, 0.15) is 27.7 Å². The molecule has 1 N–H and O–H groups in total. The number of esters is 3. The molecule has 10 heteroatoms. The van der Waals surface area contributed by atoms with E-state index in [0.717, 1.165) is 18.7 Å². The molecule has 1 aromatic carbocycles. The first-order valence-corrected chi connectivity index (χ1v) is 9.35. The number of rotatable bonds is 5. The number of likely N-dealkylation sites (tertiary alicyclic amines) is 1. The molecule has 0 aliphatic carbocycles. The van der Waals surface area contributed by atoms with E-state index in [1.54, 1.807) is 31.2 Å². The number of ether oxygens (including phenoxy) is 4. The van der Waals surface area contributed by atoms with Crippen molar-refractivity contribution in [2.24, 2.45) is 0 Å². The molecule has 0 radical (unpaired) electrons. The quantitative estimate of drug-likeness (QED) is 0.558. The largest absolute Gasteiger partial charge is 0.456 e. The summed E-state index contributed by atoms with van der Waals surface area (Å²) in [5, 5.41) is 3.21. The van der Waals surface area contributed by atoms with Crippen molar-refractivity contribution in [2.75, 3.05) is 12.4 Å². The zero-order valence-corrected chi connectivity index (χ0v) is 17.5.